The Balaban J connectivity index is 2.57. The van der Waals surface area contributed by atoms with Crippen LogP contribution in [0.15, 0.2) is 53.3 Å². The minimum atomic E-state index is 0.00961. The molecule has 0 aliphatic carbocycles. The van der Waals surface area contributed by atoms with Gasteiger partial charge in [0.15, 0.2) is 0 Å². The predicted octanol–water partition coefficient (Wildman–Crippen LogP) is 3.41. The van der Waals surface area contributed by atoms with Gasteiger partial charge < -0.3 is 4.74 Å². The molecule has 3 aromatic rings. The van der Waals surface area contributed by atoms with E-state index >= 15 is 0 Å². The van der Waals surface area contributed by atoms with Crippen molar-refractivity contribution < 1.29 is 4.74 Å². The topological polar surface area (TPSA) is 31.2 Å². The van der Waals surface area contributed by atoms with Gasteiger partial charge in [-0.3, -0.25) is 13.8 Å². The van der Waals surface area contributed by atoms with Crippen molar-refractivity contribution in [3.63, 3.8) is 0 Å². The molecule has 0 spiro atoms. The summed E-state index contributed by atoms with van der Waals surface area (Å²) in [4.78, 5) is 12.9. The maximum Gasteiger partial charge on any atom is 0.262 e. The highest BCUT2D eigenvalue weighted by molar-refractivity contribution is 6.01. The molecule has 24 heavy (non-hydrogen) atoms. The molecule has 0 radical (unpaired) electrons. The van der Waals surface area contributed by atoms with Crippen LogP contribution >= 0.6 is 0 Å². The summed E-state index contributed by atoms with van der Waals surface area (Å²) < 4.78 is 7.70. The highest BCUT2D eigenvalue weighted by Crippen LogP contribution is 2.38. The maximum absolute atomic E-state index is 12.9. The Hall–Kier alpha value is -2.59. The third-order valence-corrected chi connectivity index (χ3v) is 4.27. The van der Waals surface area contributed by atoms with E-state index in [4.69, 9.17) is 4.74 Å². The molecule has 4 nitrogen and oxygen atoms in total. The van der Waals surface area contributed by atoms with Crippen molar-refractivity contribution in [2.45, 2.75) is 0 Å². The first-order valence-corrected chi connectivity index (χ1v) is 7.92. The average molecular weight is 323 g/mol. The molecule has 1 heterocycles. The lowest BCUT2D eigenvalue weighted by Crippen LogP contribution is -2.40. The molecular weight excluding hydrogens is 300 g/mol. The number of benzene rings is 2. The summed E-state index contributed by atoms with van der Waals surface area (Å²) in [5.74, 6) is 1.72. The molecule has 2 aromatic carbocycles. The molecular formula is C20H23N2O2+. The summed E-state index contributed by atoms with van der Waals surface area (Å²) >= 11 is 0. The summed E-state index contributed by atoms with van der Waals surface area (Å²) in [6, 6.07) is 15.8. The van der Waals surface area contributed by atoms with Crippen molar-refractivity contribution in [1.82, 2.24) is 9.05 Å². The number of hydrogen-bond acceptors (Lipinski definition) is 2. The maximum atomic E-state index is 12.9. The van der Waals surface area contributed by atoms with Crippen molar-refractivity contribution in [1.29, 1.82) is 0 Å². The van der Waals surface area contributed by atoms with E-state index in [9.17, 15) is 4.79 Å². The fourth-order valence-corrected chi connectivity index (χ4v) is 3.28. The molecule has 0 saturated heterocycles. The largest absolute Gasteiger partial charge is 0.497 e. The Morgan fingerprint density at radius 1 is 0.958 bits per heavy atom. The van der Waals surface area contributed by atoms with E-state index in [-0.39, 0.29) is 5.56 Å². The first-order valence-electron chi connectivity index (χ1n) is 7.92. The van der Waals surface area contributed by atoms with Crippen LogP contribution in [-0.2, 0) is 7.05 Å². The van der Waals surface area contributed by atoms with Gasteiger partial charge in [0.1, 0.15) is 5.75 Å². The first-order chi connectivity index (χ1) is 11.3. The molecule has 0 atom stereocenters. The van der Waals surface area contributed by atoms with Crippen LogP contribution in [0.1, 0.15) is 0 Å². The van der Waals surface area contributed by atoms with Gasteiger partial charge in [0.25, 0.3) is 5.56 Å². The second kappa shape index (κ2) is 5.80. The quantitative estimate of drug-likeness (QED) is 0.692. The molecule has 0 N–H and O–H groups in total. The molecule has 1 aromatic heterocycles. The van der Waals surface area contributed by atoms with Gasteiger partial charge in [-0.05, 0) is 23.8 Å². The fourth-order valence-electron chi connectivity index (χ4n) is 3.28. The van der Waals surface area contributed by atoms with E-state index in [0.29, 0.717) is 9.87 Å². The average Bonchev–Trinajstić information content (AvgIpc) is 2.57. The van der Waals surface area contributed by atoms with Gasteiger partial charge >= 0.3 is 0 Å². The number of methoxy groups -OCH3 is 1. The van der Waals surface area contributed by atoms with Crippen LogP contribution in [0.3, 0.4) is 0 Å². The van der Waals surface area contributed by atoms with Gasteiger partial charge in [0, 0.05) is 17.8 Å². The lowest BCUT2D eigenvalue weighted by Gasteiger charge is -2.29. The predicted molar refractivity (Wildman–Crippen MR) is 101 cm³/mol. The first kappa shape index (κ1) is 16.3. The molecule has 0 aliphatic heterocycles. The lowest BCUT2D eigenvalue weighted by molar-refractivity contribution is 0.415. The molecule has 0 fully saturated rings. The number of nitrogens with zero attached hydrogens (tertiary/aromatic N) is 2. The molecule has 0 unspecified atom stereocenters. The zero-order valence-electron chi connectivity index (χ0n) is 14.8. The molecule has 0 saturated carbocycles. The van der Waals surface area contributed by atoms with Crippen LogP contribution in [-0.4, -0.2) is 32.8 Å². The molecule has 0 bridgehead atoms. The van der Waals surface area contributed by atoms with Crippen LogP contribution < -0.4 is 14.8 Å². The van der Waals surface area contributed by atoms with E-state index in [2.05, 4.69) is 33.3 Å². The molecule has 4 heteroatoms. The number of rotatable bonds is 3. The van der Waals surface area contributed by atoms with Gasteiger partial charge in [-0.1, -0.05) is 30.3 Å². The van der Waals surface area contributed by atoms with Gasteiger partial charge in [0.05, 0.1) is 33.8 Å². The highest BCUT2D eigenvalue weighted by Gasteiger charge is 2.26. The van der Waals surface area contributed by atoms with Crippen molar-refractivity contribution in [3.8, 4) is 16.9 Å². The number of quaternary nitrogens is 1. The summed E-state index contributed by atoms with van der Waals surface area (Å²) in [5.41, 5.74) is 2.17. The number of ether oxygens (including phenoxy) is 1. The number of hydrogen-bond donors (Lipinski definition) is 0. The van der Waals surface area contributed by atoms with Crippen molar-refractivity contribution in [2.24, 2.45) is 7.05 Å². The Labute approximate surface area is 142 Å². The van der Waals surface area contributed by atoms with E-state index < -0.39 is 0 Å². The highest BCUT2D eigenvalue weighted by atomic mass is 16.5. The Bertz CT molecular complexity index is 951. The standard InChI is InChI=1S/C20H23N2O2/c1-21-19(22(2,3)4)18(14-9-7-6-8-10-14)17-13-15(24-5)11-12-16(17)20(21)23/h6-13H,1-5H3/q+1. The minimum absolute atomic E-state index is 0.00961. The third kappa shape index (κ3) is 2.59. The van der Waals surface area contributed by atoms with Crippen LogP contribution in [0.4, 0.5) is 5.82 Å². The monoisotopic (exact) mass is 323 g/mol. The van der Waals surface area contributed by atoms with Crippen molar-refractivity contribution in [2.75, 3.05) is 28.3 Å². The summed E-state index contributed by atoms with van der Waals surface area (Å²) in [6.45, 7) is 0. The fraction of sp³-hybridized carbons (Fsp3) is 0.250. The third-order valence-electron chi connectivity index (χ3n) is 4.27. The molecule has 0 amide bonds. The molecule has 124 valence electrons. The number of fused-ring (bicyclic) bond motifs is 1. The Morgan fingerprint density at radius 3 is 2.21 bits per heavy atom. The van der Waals surface area contributed by atoms with Gasteiger partial charge in [-0.25, -0.2) is 0 Å². The second-order valence-electron chi connectivity index (χ2n) is 6.85. The zero-order chi connectivity index (χ0) is 17.5. The van der Waals surface area contributed by atoms with Crippen molar-refractivity contribution >= 4 is 16.6 Å². The van der Waals surface area contributed by atoms with Crippen LogP contribution in [0.5, 0.6) is 5.75 Å². The number of aromatic nitrogens is 1. The summed E-state index contributed by atoms with van der Waals surface area (Å²) in [6.07, 6.45) is 0. The Morgan fingerprint density at radius 2 is 1.62 bits per heavy atom. The summed E-state index contributed by atoms with van der Waals surface area (Å²) in [5, 5.41) is 1.63. The van der Waals surface area contributed by atoms with Crippen LogP contribution in [0.2, 0.25) is 0 Å². The normalized spacial score (nSPS) is 11.7. The van der Waals surface area contributed by atoms with Gasteiger partial charge in [-0.2, -0.15) is 0 Å². The van der Waals surface area contributed by atoms with E-state index in [1.165, 1.54) is 0 Å². The summed E-state index contributed by atoms with van der Waals surface area (Å²) in [7, 11) is 9.72. The SMILES string of the molecule is COc1ccc2c(=O)n(C)c([N+](C)(C)C)c(-c3ccccc3)c2c1. The van der Waals surface area contributed by atoms with Crippen molar-refractivity contribution in [3.05, 3.63) is 58.9 Å². The molecule has 0 aliphatic rings. The van der Waals surface area contributed by atoms with Gasteiger partial charge in [-0.15, -0.1) is 0 Å². The molecule has 3 rings (SSSR count). The zero-order valence-corrected chi connectivity index (χ0v) is 14.8. The van der Waals surface area contributed by atoms with E-state index in [1.807, 2.05) is 43.4 Å². The van der Waals surface area contributed by atoms with E-state index in [0.717, 1.165) is 28.1 Å². The second-order valence-corrected chi connectivity index (χ2v) is 6.85. The van der Waals surface area contributed by atoms with Crippen LogP contribution in [0, 0.1) is 0 Å². The van der Waals surface area contributed by atoms with Gasteiger partial charge in [0.2, 0.25) is 5.82 Å². The number of pyridine rings is 1. The Kier molecular flexibility index (Phi) is 3.93. The lowest BCUT2D eigenvalue weighted by atomic mass is 9.98. The van der Waals surface area contributed by atoms with Crippen LogP contribution in [0.25, 0.3) is 21.9 Å². The minimum Gasteiger partial charge on any atom is -0.497 e. The smallest absolute Gasteiger partial charge is 0.262 e. The van der Waals surface area contributed by atoms with E-state index in [1.54, 1.807) is 11.7 Å².